The minimum atomic E-state index is -5.59. The van der Waals surface area contributed by atoms with E-state index in [2.05, 4.69) is 30.7 Å². The van der Waals surface area contributed by atoms with Gasteiger partial charge in [0.25, 0.3) is 0 Å². The summed E-state index contributed by atoms with van der Waals surface area (Å²) in [6, 6.07) is 0. The molecule has 0 aliphatic heterocycles. The van der Waals surface area contributed by atoms with Gasteiger partial charge in [-0.05, 0) is 41.7 Å². The minimum Gasteiger partial charge on any atom is -0.311 e. The Kier molecular flexibility index (Phi) is 15.5. The quantitative estimate of drug-likeness (QED) is 0.113. The van der Waals surface area contributed by atoms with Crippen molar-refractivity contribution in [1.29, 1.82) is 0 Å². The van der Waals surface area contributed by atoms with Crippen LogP contribution in [0.4, 0.5) is 26.5 Å². The van der Waals surface area contributed by atoms with E-state index < -0.39 is 34.4 Å². The van der Waals surface area contributed by atoms with Gasteiger partial charge >= 0.3 is 21.5 Å². The van der Waals surface area contributed by atoms with Gasteiger partial charge in [-0.2, -0.15) is 30.4 Å². The van der Waals surface area contributed by atoms with Gasteiger partial charge in [0, 0.05) is 12.8 Å². The Morgan fingerprint density at radius 1 is 0.710 bits per heavy atom. The Morgan fingerprint density at radius 2 is 1.06 bits per heavy atom. The van der Waals surface area contributed by atoms with Crippen LogP contribution in [0, 0.1) is 0 Å². The minimum absolute atomic E-state index is 0.00647. The molecule has 0 N–H and O–H groups in total. The van der Waals surface area contributed by atoms with Crippen molar-refractivity contribution in [3.8, 4) is 0 Å². The lowest BCUT2D eigenvalue weighted by molar-refractivity contribution is -0.906. The van der Waals surface area contributed by atoms with Crippen molar-refractivity contribution in [3.63, 3.8) is 0 Å². The van der Waals surface area contributed by atoms with Crippen LogP contribution in [0.15, 0.2) is 50.6 Å². The summed E-state index contributed by atoms with van der Waals surface area (Å²) >= 11 is 0. The Morgan fingerprint density at radius 3 is 1.35 bits per heavy atom. The number of halogens is 6. The Hall–Kier alpha value is -1.59. The van der Waals surface area contributed by atoms with E-state index in [9.17, 15) is 34.9 Å². The molecule has 0 atom stereocenters. The third-order valence-electron chi connectivity index (χ3n) is 4.19. The summed E-state index contributed by atoms with van der Waals surface area (Å²) in [6.45, 7) is 18.8. The van der Waals surface area contributed by atoms with Gasteiger partial charge in [-0.3, -0.25) is 0 Å². The van der Waals surface area contributed by atoms with Gasteiger partial charge in [-0.1, -0.05) is 43.5 Å². The predicted molar refractivity (Wildman–Crippen MR) is 110 cm³/mol. The van der Waals surface area contributed by atoms with Crippen LogP contribution < -0.4 is 0 Å². The van der Waals surface area contributed by atoms with Gasteiger partial charge in [-0.25, -0.2) is 0 Å². The highest BCUT2D eigenvalue weighted by Crippen LogP contribution is 2.30. The Labute approximate surface area is 181 Å². The second-order valence-electron chi connectivity index (χ2n) is 6.91. The molecule has 0 aliphatic rings. The highest BCUT2D eigenvalue weighted by atomic mass is 32.2. The third-order valence-corrected chi connectivity index (χ3v) is 5.29. The van der Waals surface area contributed by atoms with E-state index in [-0.39, 0.29) is 25.7 Å². The van der Waals surface area contributed by atoms with Crippen molar-refractivity contribution in [2.75, 3.05) is 26.2 Å². The number of hydrogen-bond acceptors (Lipinski definition) is 3. The Balaban J connectivity index is 0. The lowest BCUT2D eigenvalue weighted by atomic mass is 10.1. The molecule has 0 spiro atoms. The normalized spacial score (nSPS) is 12.5. The summed E-state index contributed by atoms with van der Waals surface area (Å²) < 4.78 is 95.8. The predicted octanol–water partition coefficient (Wildman–Crippen LogP) is 6.26. The maximum atomic E-state index is 12.8. The van der Waals surface area contributed by atoms with Crippen molar-refractivity contribution in [3.05, 3.63) is 50.6 Å². The topological polar surface area (TPSA) is 43.4 Å². The molecule has 182 valence electrons. The number of quaternary nitrogens is 1. The van der Waals surface area contributed by atoms with E-state index in [1.807, 2.05) is 24.3 Å². The molecule has 0 aromatic heterocycles. The smallest absolute Gasteiger partial charge is 0.311 e. The van der Waals surface area contributed by atoms with Crippen molar-refractivity contribution < 1.29 is 43.8 Å². The molecule has 0 fully saturated rings. The van der Waals surface area contributed by atoms with Crippen LogP contribution in [0.5, 0.6) is 0 Å². The van der Waals surface area contributed by atoms with Crippen LogP contribution >= 0.6 is 0 Å². The van der Waals surface area contributed by atoms with Gasteiger partial charge in [0.05, 0.1) is 26.2 Å². The fraction of sp³-hybridized carbons (Fsp3) is 0.600. The van der Waals surface area contributed by atoms with E-state index in [0.717, 1.165) is 30.7 Å². The van der Waals surface area contributed by atoms with Crippen molar-refractivity contribution in [2.45, 2.75) is 50.0 Å². The van der Waals surface area contributed by atoms with Crippen LogP contribution in [0.2, 0.25) is 0 Å². The monoisotopic (exact) mass is 480 g/mol. The lowest BCUT2D eigenvalue weighted by Crippen LogP contribution is -2.48. The van der Waals surface area contributed by atoms with Gasteiger partial charge in [0.1, 0.15) is 0 Å². The van der Waals surface area contributed by atoms with Gasteiger partial charge in [-0.15, -0.1) is 0 Å². The molecule has 0 aromatic rings. The summed E-state index contributed by atoms with van der Waals surface area (Å²) in [4.78, 5) is 0. The largest absolute Gasteiger partial charge is 0.389 e. The maximum absolute atomic E-state index is 12.8. The van der Waals surface area contributed by atoms with Crippen LogP contribution in [0.25, 0.3) is 0 Å². The molecule has 11 heteroatoms. The first kappa shape index (κ1) is 31.6. The van der Waals surface area contributed by atoms with Gasteiger partial charge < -0.3 is 4.48 Å². The zero-order valence-electron chi connectivity index (χ0n) is 17.6. The molecule has 0 aromatic carbocycles. The van der Waals surface area contributed by atoms with Gasteiger partial charge in [0.15, 0.2) is 0 Å². The van der Waals surface area contributed by atoms with E-state index in [1.165, 1.54) is 0 Å². The summed E-state index contributed by atoms with van der Waals surface area (Å²) in [6.07, 6.45) is 0.727. The first-order valence-corrected chi connectivity index (χ1v) is 10.9. The second kappa shape index (κ2) is 15.3. The molecule has 31 heavy (non-hydrogen) atoms. The molecule has 0 amide bonds. The number of nitrogens with zero attached hydrogens (tertiary/aromatic N) is 1. The van der Waals surface area contributed by atoms with Crippen LogP contribution in [0.3, 0.4) is 0 Å². The van der Waals surface area contributed by atoms with Crippen LogP contribution in [-0.4, -0.2) is 50.5 Å². The fourth-order valence-electron chi connectivity index (χ4n) is 2.72. The SMILES string of the molecule is C=CC[N+](CC=C)(CC=C)CC=C.O=S(=O)(OF)C(F)(F)CCCCCCC(F)(F)F. The lowest BCUT2D eigenvalue weighted by Gasteiger charge is -2.35. The van der Waals surface area contributed by atoms with E-state index in [4.69, 9.17) is 0 Å². The third kappa shape index (κ3) is 14.2. The number of rotatable bonds is 16. The Bertz CT molecular complexity index is 602. The number of unbranched alkanes of at least 4 members (excludes halogenated alkanes) is 3. The van der Waals surface area contributed by atoms with Crippen molar-refractivity contribution in [2.24, 2.45) is 0 Å². The second-order valence-corrected chi connectivity index (χ2v) is 8.54. The number of hydrogen-bond donors (Lipinski definition) is 0. The number of alkyl halides is 5. The molecular weight excluding hydrogens is 448 g/mol. The van der Waals surface area contributed by atoms with Crippen LogP contribution in [-0.2, 0) is 14.5 Å². The zero-order chi connectivity index (χ0) is 24.6. The maximum Gasteiger partial charge on any atom is 0.389 e. The molecule has 0 saturated heterocycles. The molecule has 0 aliphatic carbocycles. The van der Waals surface area contributed by atoms with E-state index in [1.54, 1.807) is 0 Å². The summed E-state index contributed by atoms with van der Waals surface area (Å²) in [5, 5.41) is -4.37. The summed E-state index contributed by atoms with van der Waals surface area (Å²) in [5.74, 6) is 0. The zero-order valence-corrected chi connectivity index (χ0v) is 18.4. The van der Waals surface area contributed by atoms with Gasteiger partial charge in [0.2, 0.25) is 0 Å². The van der Waals surface area contributed by atoms with Crippen molar-refractivity contribution >= 4 is 10.1 Å². The average Bonchev–Trinajstić information content (AvgIpc) is 2.65. The average molecular weight is 481 g/mol. The highest BCUT2D eigenvalue weighted by Gasteiger charge is 2.46. The molecule has 0 bridgehead atoms. The molecule has 0 rings (SSSR count). The molecule has 4 nitrogen and oxygen atoms in total. The standard InChI is InChI=1S/C12H20N.C8H12F6O3S/c1-5-9-13(10-6-2,11-7-3)12-8-4;9-7(10,11)5-3-1-2-4-6-8(12,13)18(15,16)17-14/h5-8H,1-4,9-12H2;1-6H2/q+1;. The van der Waals surface area contributed by atoms with Crippen LogP contribution in [0.1, 0.15) is 38.5 Å². The highest BCUT2D eigenvalue weighted by molar-refractivity contribution is 7.87. The molecule has 0 heterocycles. The molecular formula is C20H32F6NO3S+. The van der Waals surface area contributed by atoms with E-state index in [0.29, 0.717) is 0 Å². The molecule has 0 saturated carbocycles. The molecule has 0 radical (unpaired) electrons. The first-order chi connectivity index (χ1) is 14.3. The summed E-state index contributed by atoms with van der Waals surface area (Å²) in [5.41, 5.74) is 0. The molecule has 0 unspecified atom stereocenters. The summed E-state index contributed by atoms with van der Waals surface area (Å²) in [7, 11) is -5.59. The van der Waals surface area contributed by atoms with E-state index >= 15 is 0 Å². The van der Waals surface area contributed by atoms with Crippen molar-refractivity contribution in [1.82, 2.24) is 0 Å². The first-order valence-electron chi connectivity index (χ1n) is 9.54. The fourth-order valence-corrected chi connectivity index (χ4v) is 3.21.